The summed E-state index contributed by atoms with van der Waals surface area (Å²) in [5.74, 6) is 0. The van der Waals surface area contributed by atoms with E-state index < -0.39 is 0 Å². The van der Waals surface area contributed by atoms with E-state index in [2.05, 4.69) is 49.7 Å². The van der Waals surface area contributed by atoms with Crippen LogP contribution in [-0.2, 0) is 0 Å². The minimum atomic E-state index is 0.841. The van der Waals surface area contributed by atoms with Crippen molar-refractivity contribution in [2.75, 3.05) is 0 Å². The van der Waals surface area contributed by atoms with Gasteiger partial charge in [-0.2, -0.15) is 0 Å². The standard InChI is InChI=1S/C15H19N/c1-5-14(6-2)9-10-16-15-8-7-12(3)11-13(15)4/h5-8,10-11H,1,9H2,2-4H3/b14-6+,16-10?. The van der Waals surface area contributed by atoms with Gasteiger partial charge < -0.3 is 0 Å². The lowest BCUT2D eigenvalue weighted by molar-refractivity contribution is 1.32. The first-order chi connectivity index (χ1) is 7.67. The first-order valence-electron chi connectivity index (χ1n) is 5.54. The third-order valence-electron chi connectivity index (χ3n) is 2.54. The normalized spacial score (nSPS) is 12.1. The van der Waals surface area contributed by atoms with E-state index in [9.17, 15) is 0 Å². The average Bonchev–Trinajstić information content (AvgIpc) is 2.27. The topological polar surface area (TPSA) is 12.4 Å². The van der Waals surface area contributed by atoms with E-state index in [1.54, 1.807) is 0 Å². The molecule has 1 nitrogen and oxygen atoms in total. The Morgan fingerprint density at radius 2 is 2.12 bits per heavy atom. The number of hydrogen-bond donors (Lipinski definition) is 0. The highest BCUT2D eigenvalue weighted by Crippen LogP contribution is 2.19. The number of allylic oxidation sites excluding steroid dienone is 3. The second-order valence-electron chi connectivity index (χ2n) is 3.87. The van der Waals surface area contributed by atoms with E-state index in [4.69, 9.17) is 0 Å². The van der Waals surface area contributed by atoms with Gasteiger partial charge in [0.15, 0.2) is 0 Å². The minimum absolute atomic E-state index is 0.841. The first kappa shape index (κ1) is 12.4. The van der Waals surface area contributed by atoms with Crippen molar-refractivity contribution in [3.8, 4) is 0 Å². The molecule has 0 N–H and O–H groups in total. The largest absolute Gasteiger partial charge is 0.261 e. The van der Waals surface area contributed by atoms with Crippen LogP contribution in [0, 0.1) is 13.8 Å². The average molecular weight is 213 g/mol. The molecule has 1 aromatic carbocycles. The number of aliphatic imine (C=N–C) groups is 1. The zero-order chi connectivity index (χ0) is 12.0. The highest BCUT2D eigenvalue weighted by molar-refractivity contribution is 5.68. The summed E-state index contributed by atoms with van der Waals surface area (Å²) in [7, 11) is 0. The Bertz CT molecular complexity index is 425. The van der Waals surface area contributed by atoms with Crippen molar-refractivity contribution in [3.63, 3.8) is 0 Å². The molecular formula is C15H19N. The summed E-state index contributed by atoms with van der Waals surface area (Å²) in [6.07, 6.45) is 6.71. The van der Waals surface area contributed by atoms with Crippen LogP contribution in [0.2, 0.25) is 0 Å². The summed E-state index contributed by atoms with van der Waals surface area (Å²) in [5, 5.41) is 0. The molecule has 16 heavy (non-hydrogen) atoms. The maximum absolute atomic E-state index is 4.47. The Kier molecular flexibility index (Phi) is 4.71. The zero-order valence-electron chi connectivity index (χ0n) is 10.3. The van der Waals surface area contributed by atoms with Gasteiger partial charge in [0.05, 0.1) is 5.69 Å². The Balaban J connectivity index is 2.73. The van der Waals surface area contributed by atoms with Crippen LogP contribution >= 0.6 is 0 Å². The van der Waals surface area contributed by atoms with E-state index >= 15 is 0 Å². The molecule has 0 spiro atoms. The quantitative estimate of drug-likeness (QED) is 0.515. The Morgan fingerprint density at radius 3 is 2.69 bits per heavy atom. The van der Waals surface area contributed by atoms with Crippen LogP contribution in [0.3, 0.4) is 0 Å². The highest BCUT2D eigenvalue weighted by atomic mass is 14.7. The number of rotatable bonds is 4. The lowest BCUT2D eigenvalue weighted by Gasteiger charge is -2.01. The molecular weight excluding hydrogens is 194 g/mol. The fourth-order valence-corrected chi connectivity index (χ4v) is 1.52. The van der Waals surface area contributed by atoms with Gasteiger partial charge in [-0.3, -0.25) is 4.99 Å². The molecule has 84 valence electrons. The summed E-state index contributed by atoms with van der Waals surface area (Å²) in [5.41, 5.74) is 4.74. The summed E-state index contributed by atoms with van der Waals surface area (Å²) >= 11 is 0. The molecule has 0 saturated carbocycles. The monoisotopic (exact) mass is 213 g/mol. The van der Waals surface area contributed by atoms with E-state index in [-0.39, 0.29) is 0 Å². The summed E-state index contributed by atoms with van der Waals surface area (Å²) in [6, 6.07) is 6.30. The summed E-state index contributed by atoms with van der Waals surface area (Å²) in [4.78, 5) is 4.47. The molecule has 0 aliphatic carbocycles. The highest BCUT2D eigenvalue weighted by Gasteiger charge is 1.94. The Hall–Kier alpha value is -1.63. The van der Waals surface area contributed by atoms with Crippen LogP contribution in [0.1, 0.15) is 24.5 Å². The van der Waals surface area contributed by atoms with Crippen molar-refractivity contribution in [3.05, 3.63) is 53.6 Å². The predicted molar refractivity (Wildman–Crippen MR) is 72.6 cm³/mol. The molecule has 0 atom stereocenters. The van der Waals surface area contributed by atoms with Gasteiger partial charge >= 0.3 is 0 Å². The summed E-state index contributed by atoms with van der Waals surface area (Å²) in [6.45, 7) is 9.95. The van der Waals surface area contributed by atoms with Gasteiger partial charge in [-0.15, -0.1) is 0 Å². The molecule has 0 amide bonds. The minimum Gasteiger partial charge on any atom is -0.261 e. The predicted octanol–water partition coefficient (Wildman–Crippen LogP) is 4.53. The van der Waals surface area contributed by atoms with Gasteiger partial charge in [-0.05, 0) is 38.0 Å². The molecule has 0 heterocycles. The first-order valence-corrected chi connectivity index (χ1v) is 5.54. The lowest BCUT2D eigenvalue weighted by Crippen LogP contribution is -1.81. The van der Waals surface area contributed by atoms with Crippen molar-refractivity contribution < 1.29 is 0 Å². The van der Waals surface area contributed by atoms with Gasteiger partial charge in [0.2, 0.25) is 0 Å². The maximum Gasteiger partial charge on any atom is 0.0655 e. The molecule has 1 rings (SSSR count). The molecule has 0 aromatic heterocycles. The Morgan fingerprint density at radius 1 is 1.38 bits per heavy atom. The third kappa shape index (κ3) is 3.50. The van der Waals surface area contributed by atoms with Crippen molar-refractivity contribution >= 4 is 11.9 Å². The number of benzene rings is 1. The van der Waals surface area contributed by atoms with Gasteiger partial charge in [-0.1, -0.05) is 36.4 Å². The van der Waals surface area contributed by atoms with Gasteiger partial charge in [-0.25, -0.2) is 0 Å². The second-order valence-corrected chi connectivity index (χ2v) is 3.87. The van der Waals surface area contributed by atoms with E-state index in [1.807, 2.05) is 19.2 Å². The van der Waals surface area contributed by atoms with Crippen LogP contribution in [0.5, 0.6) is 0 Å². The van der Waals surface area contributed by atoms with Crippen LogP contribution < -0.4 is 0 Å². The van der Waals surface area contributed by atoms with Gasteiger partial charge in [0.1, 0.15) is 0 Å². The van der Waals surface area contributed by atoms with Crippen molar-refractivity contribution in [1.82, 2.24) is 0 Å². The molecule has 0 unspecified atom stereocenters. The smallest absolute Gasteiger partial charge is 0.0655 e. The maximum atomic E-state index is 4.47. The van der Waals surface area contributed by atoms with Gasteiger partial charge in [0.25, 0.3) is 0 Å². The zero-order valence-corrected chi connectivity index (χ0v) is 10.3. The lowest BCUT2D eigenvalue weighted by atomic mass is 10.1. The van der Waals surface area contributed by atoms with Crippen LogP contribution in [-0.4, -0.2) is 6.21 Å². The molecule has 1 aromatic rings. The molecule has 0 saturated heterocycles. The van der Waals surface area contributed by atoms with Gasteiger partial charge in [0, 0.05) is 12.6 Å². The van der Waals surface area contributed by atoms with Crippen LogP contribution in [0.25, 0.3) is 0 Å². The SMILES string of the molecule is C=C/C(=C\C)CC=Nc1ccc(C)cc1C. The third-order valence-corrected chi connectivity index (χ3v) is 2.54. The van der Waals surface area contributed by atoms with Crippen LogP contribution in [0.15, 0.2) is 47.5 Å². The number of aryl methyl sites for hydroxylation is 2. The fourth-order valence-electron chi connectivity index (χ4n) is 1.52. The van der Waals surface area contributed by atoms with Crippen molar-refractivity contribution in [2.24, 2.45) is 4.99 Å². The van der Waals surface area contributed by atoms with Crippen LogP contribution in [0.4, 0.5) is 5.69 Å². The Labute approximate surface area is 98.2 Å². The second kappa shape index (κ2) is 6.06. The molecule has 0 aliphatic heterocycles. The molecule has 0 aliphatic rings. The number of nitrogens with zero attached hydrogens (tertiary/aromatic N) is 1. The molecule has 0 fully saturated rings. The van der Waals surface area contributed by atoms with E-state index in [0.717, 1.165) is 12.1 Å². The molecule has 1 heteroatoms. The summed E-state index contributed by atoms with van der Waals surface area (Å²) < 4.78 is 0. The van der Waals surface area contributed by atoms with E-state index in [1.165, 1.54) is 16.7 Å². The fraction of sp³-hybridized carbons (Fsp3) is 0.267. The van der Waals surface area contributed by atoms with E-state index in [0.29, 0.717) is 0 Å². The molecule has 0 bridgehead atoms. The van der Waals surface area contributed by atoms with Crippen molar-refractivity contribution in [1.29, 1.82) is 0 Å². The number of hydrogen-bond acceptors (Lipinski definition) is 1. The molecule has 0 radical (unpaired) electrons. The van der Waals surface area contributed by atoms with Crippen molar-refractivity contribution in [2.45, 2.75) is 27.2 Å².